The van der Waals surface area contributed by atoms with Crippen molar-refractivity contribution in [2.45, 2.75) is 25.4 Å². The molecule has 0 spiro atoms. The summed E-state index contributed by atoms with van der Waals surface area (Å²) in [6.07, 6.45) is 3.02. The van der Waals surface area contributed by atoms with Crippen LogP contribution in [-0.2, 0) is 4.74 Å². The van der Waals surface area contributed by atoms with E-state index in [0.717, 1.165) is 30.4 Å². The Kier molecular flexibility index (Phi) is 8.12. The van der Waals surface area contributed by atoms with Crippen LogP contribution in [0.2, 0.25) is 0 Å². The zero-order valence-corrected chi connectivity index (χ0v) is 18.5. The molecular formula is C19H28IN3O2S. The molecule has 1 saturated carbocycles. The Morgan fingerprint density at radius 1 is 1.35 bits per heavy atom. The number of rotatable bonds is 8. The smallest absolute Gasteiger partial charge is 0.191 e. The first kappa shape index (κ1) is 21.4. The lowest BCUT2D eigenvalue weighted by atomic mass is 10.0. The highest BCUT2D eigenvalue weighted by atomic mass is 127. The second kappa shape index (κ2) is 9.87. The van der Waals surface area contributed by atoms with Gasteiger partial charge in [0.2, 0.25) is 0 Å². The van der Waals surface area contributed by atoms with E-state index in [1.807, 2.05) is 12.1 Å². The quantitative estimate of drug-likeness (QED) is 0.302. The van der Waals surface area contributed by atoms with E-state index in [4.69, 9.17) is 4.74 Å². The first-order chi connectivity index (χ1) is 12.2. The molecule has 0 saturated heterocycles. The van der Waals surface area contributed by atoms with Crippen LogP contribution in [0.4, 0.5) is 0 Å². The number of halogens is 1. The molecule has 1 heterocycles. The summed E-state index contributed by atoms with van der Waals surface area (Å²) in [6.45, 7) is 2.14. The third kappa shape index (κ3) is 5.55. The van der Waals surface area contributed by atoms with Gasteiger partial charge < -0.3 is 20.5 Å². The number of thiophene rings is 1. The number of hydrogen-bond acceptors (Lipinski definition) is 4. The molecule has 1 atom stereocenters. The van der Waals surface area contributed by atoms with Crippen LogP contribution in [0.3, 0.4) is 0 Å². The second-order valence-corrected chi connectivity index (χ2v) is 7.87. The van der Waals surface area contributed by atoms with E-state index < -0.39 is 6.10 Å². The molecule has 1 fully saturated rings. The summed E-state index contributed by atoms with van der Waals surface area (Å²) in [7, 11) is 3.51. The standard InChI is InChI=1S/C19H27N3O2S.HI/c1-20-18(22-13-19(7-8-19)9-10-24-2)21-12-15(23)17-11-14-5-3-4-6-16(14)25-17;/h3-6,11,15,23H,7-10,12-13H2,1-2H3,(H2,20,21,22);1H. The van der Waals surface area contributed by atoms with E-state index in [1.54, 1.807) is 25.5 Å². The van der Waals surface area contributed by atoms with Crippen LogP contribution >= 0.6 is 35.3 Å². The minimum atomic E-state index is -0.542. The normalized spacial score (nSPS) is 16.8. The Bertz CT molecular complexity index is 697. The Hall–Kier alpha value is -0.900. The van der Waals surface area contributed by atoms with Gasteiger partial charge in [0.15, 0.2) is 5.96 Å². The van der Waals surface area contributed by atoms with Crippen molar-refractivity contribution < 1.29 is 9.84 Å². The van der Waals surface area contributed by atoms with Gasteiger partial charge in [-0.25, -0.2) is 0 Å². The number of aliphatic imine (C=N–C) groups is 1. The first-order valence-electron chi connectivity index (χ1n) is 8.76. The summed E-state index contributed by atoms with van der Waals surface area (Å²) in [4.78, 5) is 5.24. The molecule has 1 aromatic heterocycles. The Morgan fingerprint density at radius 3 is 2.77 bits per heavy atom. The largest absolute Gasteiger partial charge is 0.386 e. The fraction of sp³-hybridized carbons (Fsp3) is 0.526. The maximum atomic E-state index is 10.5. The predicted octanol–water partition coefficient (Wildman–Crippen LogP) is 3.53. The highest BCUT2D eigenvalue weighted by Gasteiger charge is 2.41. The van der Waals surface area contributed by atoms with Crippen LogP contribution in [-0.4, -0.2) is 44.9 Å². The molecule has 0 amide bonds. The monoisotopic (exact) mass is 489 g/mol. The van der Waals surface area contributed by atoms with Crippen LogP contribution in [0.5, 0.6) is 0 Å². The molecule has 3 rings (SSSR count). The van der Waals surface area contributed by atoms with Gasteiger partial charge in [0.05, 0.1) is 0 Å². The maximum absolute atomic E-state index is 10.5. The van der Waals surface area contributed by atoms with Gasteiger partial charge in [-0.2, -0.15) is 0 Å². The highest BCUT2D eigenvalue weighted by molar-refractivity contribution is 14.0. The lowest BCUT2D eigenvalue weighted by molar-refractivity contribution is 0.172. The molecule has 0 radical (unpaired) electrons. The van der Waals surface area contributed by atoms with Crippen LogP contribution in [0, 0.1) is 5.41 Å². The van der Waals surface area contributed by atoms with Gasteiger partial charge >= 0.3 is 0 Å². The van der Waals surface area contributed by atoms with Crippen molar-refractivity contribution in [3.63, 3.8) is 0 Å². The fourth-order valence-corrected chi connectivity index (χ4v) is 4.01. The number of hydrogen-bond donors (Lipinski definition) is 3. The third-order valence-electron chi connectivity index (χ3n) is 4.88. The van der Waals surface area contributed by atoms with Crippen molar-refractivity contribution in [3.05, 3.63) is 35.2 Å². The van der Waals surface area contributed by atoms with Crippen LogP contribution in [0.15, 0.2) is 35.3 Å². The summed E-state index contributed by atoms with van der Waals surface area (Å²) in [5.41, 5.74) is 0.359. The highest BCUT2D eigenvalue weighted by Crippen LogP contribution is 2.48. The summed E-state index contributed by atoms with van der Waals surface area (Å²) >= 11 is 1.64. The number of aliphatic hydroxyl groups excluding tert-OH is 1. The van der Waals surface area contributed by atoms with Gasteiger partial charge in [0.1, 0.15) is 6.10 Å². The van der Waals surface area contributed by atoms with Crippen LogP contribution in [0.25, 0.3) is 10.1 Å². The summed E-state index contributed by atoms with van der Waals surface area (Å²) in [5.74, 6) is 0.740. The molecule has 1 aliphatic carbocycles. The number of aliphatic hydroxyl groups is 1. The lowest BCUT2D eigenvalue weighted by Gasteiger charge is -2.19. The molecule has 5 nitrogen and oxygen atoms in total. The Morgan fingerprint density at radius 2 is 2.12 bits per heavy atom. The van der Waals surface area contributed by atoms with Gasteiger partial charge in [0.25, 0.3) is 0 Å². The molecule has 1 aliphatic rings. The number of benzene rings is 1. The van der Waals surface area contributed by atoms with Gasteiger partial charge in [-0.3, -0.25) is 4.99 Å². The predicted molar refractivity (Wildman–Crippen MR) is 120 cm³/mol. The van der Waals surface area contributed by atoms with Gasteiger partial charge in [0, 0.05) is 43.4 Å². The van der Waals surface area contributed by atoms with Crippen molar-refractivity contribution in [3.8, 4) is 0 Å². The molecule has 26 heavy (non-hydrogen) atoms. The summed E-state index contributed by atoms with van der Waals surface area (Å²) in [5, 5.41) is 18.3. The number of nitrogens with zero attached hydrogens (tertiary/aromatic N) is 1. The van der Waals surface area contributed by atoms with E-state index in [1.165, 1.54) is 22.9 Å². The van der Waals surface area contributed by atoms with Crippen molar-refractivity contribution in [1.29, 1.82) is 0 Å². The maximum Gasteiger partial charge on any atom is 0.191 e. The SMILES string of the molecule is CN=C(NCC(O)c1cc2ccccc2s1)NCC1(CCOC)CC1.I. The van der Waals surface area contributed by atoms with E-state index in [9.17, 15) is 5.11 Å². The second-order valence-electron chi connectivity index (χ2n) is 6.75. The minimum Gasteiger partial charge on any atom is -0.386 e. The Balaban J connectivity index is 0.00000243. The summed E-state index contributed by atoms with van der Waals surface area (Å²) in [6, 6.07) is 10.3. The number of methoxy groups -OCH3 is 1. The van der Waals surface area contributed by atoms with E-state index >= 15 is 0 Å². The molecule has 1 unspecified atom stereocenters. The minimum absolute atomic E-state index is 0. The van der Waals surface area contributed by atoms with E-state index in [0.29, 0.717) is 12.0 Å². The molecule has 7 heteroatoms. The zero-order chi connectivity index (χ0) is 17.7. The van der Waals surface area contributed by atoms with E-state index in [2.05, 4.69) is 33.8 Å². The van der Waals surface area contributed by atoms with Crippen LogP contribution in [0.1, 0.15) is 30.2 Å². The van der Waals surface area contributed by atoms with Gasteiger partial charge in [-0.05, 0) is 42.2 Å². The third-order valence-corrected chi connectivity index (χ3v) is 6.10. The Labute approximate surface area is 176 Å². The number of guanidine groups is 1. The molecule has 1 aromatic carbocycles. The van der Waals surface area contributed by atoms with Crippen molar-refractivity contribution >= 4 is 51.4 Å². The van der Waals surface area contributed by atoms with Gasteiger partial charge in [-0.15, -0.1) is 35.3 Å². The number of nitrogens with one attached hydrogen (secondary N) is 2. The topological polar surface area (TPSA) is 65.9 Å². The van der Waals surface area contributed by atoms with Gasteiger partial charge in [-0.1, -0.05) is 18.2 Å². The van der Waals surface area contributed by atoms with Crippen molar-refractivity contribution in [2.75, 3.05) is 33.9 Å². The lowest BCUT2D eigenvalue weighted by Crippen LogP contribution is -2.42. The number of fused-ring (bicyclic) bond motifs is 1. The van der Waals surface area contributed by atoms with E-state index in [-0.39, 0.29) is 24.0 Å². The van der Waals surface area contributed by atoms with Crippen LogP contribution < -0.4 is 10.6 Å². The fourth-order valence-electron chi connectivity index (χ4n) is 2.96. The molecular weight excluding hydrogens is 461 g/mol. The molecule has 0 aliphatic heterocycles. The molecule has 3 N–H and O–H groups in total. The first-order valence-corrected chi connectivity index (χ1v) is 9.57. The van der Waals surface area contributed by atoms with Crippen molar-refractivity contribution in [1.82, 2.24) is 10.6 Å². The summed E-state index contributed by atoms with van der Waals surface area (Å²) < 4.78 is 6.40. The molecule has 0 bridgehead atoms. The molecule has 144 valence electrons. The molecule has 2 aromatic rings. The number of ether oxygens (including phenoxy) is 1. The average Bonchev–Trinajstić information content (AvgIpc) is 3.27. The van der Waals surface area contributed by atoms with Crippen molar-refractivity contribution in [2.24, 2.45) is 10.4 Å². The average molecular weight is 489 g/mol. The zero-order valence-electron chi connectivity index (χ0n) is 15.3.